The van der Waals surface area contributed by atoms with Crippen LogP contribution in [0.25, 0.3) is 10.4 Å². The number of rotatable bonds is 4. The molecule has 0 rings (SSSR count). The van der Waals surface area contributed by atoms with Gasteiger partial charge in [-0.05, 0) is 17.9 Å². The highest BCUT2D eigenvalue weighted by Gasteiger charge is 1.95. The predicted molar refractivity (Wildman–Crippen MR) is 34.9 cm³/mol. The first kappa shape index (κ1) is 8.27. The molecule has 0 aliphatic carbocycles. The number of hydrogen-bond acceptors (Lipinski definition) is 2. The van der Waals surface area contributed by atoms with Gasteiger partial charge in [-0.25, -0.2) is 0 Å². The first-order valence-electron chi connectivity index (χ1n) is 2.93. The van der Waals surface area contributed by atoms with E-state index in [-0.39, 0.29) is 12.5 Å². The number of aliphatic hydroxyl groups excluding tert-OH is 1. The van der Waals surface area contributed by atoms with Gasteiger partial charge in [0.1, 0.15) is 0 Å². The number of nitrogens with zero attached hydrogens (tertiary/aromatic N) is 3. The minimum absolute atomic E-state index is 0.168. The van der Waals surface area contributed by atoms with Gasteiger partial charge in [0.05, 0.1) is 0 Å². The summed E-state index contributed by atoms with van der Waals surface area (Å²) in [5, 5.41) is 11.8. The third-order valence-electron chi connectivity index (χ3n) is 1.10. The van der Waals surface area contributed by atoms with Crippen molar-refractivity contribution in [1.29, 1.82) is 0 Å². The van der Waals surface area contributed by atoms with Crippen molar-refractivity contribution in [3.8, 4) is 0 Å². The van der Waals surface area contributed by atoms with Crippen LogP contribution in [-0.4, -0.2) is 18.3 Å². The zero-order valence-corrected chi connectivity index (χ0v) is 5.49. The van der Waals surface area contributed by atoms with Crippen molar-refractivity contribution in [3.05, 3.63) is 10.4 Å². The Balaban J connectivity index is 3.16. The van der Waals surface area contributed by atoms with Crippen molar-refractivity contribution >= 4 is 0 Å². The zero-order chi connectivity index (χ0) is 7.11. The molecule has 52 valence electrons. The van der Waals surface area contributed by atoms with Crippen molar-refractivity contribution in [2.75, 3.05) is 13.2 Å². The van der Waals surface area contributed by atoms with Crippen LogP contribution in [-0.2, 0) is 0 Å². The summed E-state index contributed by atoms with van der Waals surface area (Å²) in [5.41, 5.74) is 7.85. The number of azide groups is 1. The van der Waals surface area contributed by atoms with Crippen molar-refractivity contribution in [2.24, 2.45) is 11.0 Å². The predicted octanol–water partition coefficient (Wildman–Crippen LogP) is 1.32. The second kappa shape index (κ2) is 5.41. The van der Waals surface area contributed by atoms with Crippen LogP contribution in [0.3, 0.4) is 0 Å². The maximum absolute atomic E-state index is 8.50. The normalized spacial score (nSPS) is 12.2. The molecule has 4 nitrogen and oxygen atoms in total. The van der Waals surface area contributed by atoms with Crippen molar-refractivity contribution in [3.63, 3.8) is 0 Å². The van der Waals surface area contributed by atoms with Crippen LogP contribution >= 0.6 is 0 Å². The largest absolute Gasteiger partial charge is 0.396 e. The highest BCUT2D eigenvalue weighted by molar-refractivity contribution is 4.53. The van der Waals surface area contributed by atoms with Crippen molar-refractivity contribution in [1.82, 2.24) is 0 Å². The molecule has 0 bridgehead atoms. The molecule has 1 unspecified atom stereocenters. The molecule has 0 amide bonds. The summed E-state index contributed by atoms with van der Waals surface area (Å²) in [6.45, 7) is 2.56. The van der Waals surface area contributed by atoms with Gasteiger partial charge in [-0.1, -0.05) is 12.0 Å². The van der Waals surface area contributed by atoms with Crippen LogP contribution in [0.5, 0.6) is 0 Å². The second-order valence-corrected chi connectivity index (χ2v) is 2.03. The molecule has 0 saturated heterocycles. The molecule has 0 aliphatic rings. The van der Waals surface area contributed by atoms with Crippen LogP contribution in [0.4, 0.5) is 0 Å². The summed E-state index contributed by atoms with van der Waals surface area (Å²) >= 11 is 0. The molecule has 4 heteroatoms. The molecule has 0 aliphatic heterocycles. The highest BCUT2D eigenvalue weighted by Crippen LogP contribution is 1.98. The Morgan fingerprint density at radius 1 is 1.78 bits per heavy atom. The molecule has 0 heterocycles. The molecule has 1 atom stereocenters. The first-order valence-corrected chi connectivity index (χ1v) is 2.93. The SMILES string of the molecule is CC(CO)CCN=[N+]=[N-]. The van der Waals surface area contributed by atoms with Crippen LogP contribution in [0, 0.1) is 5.92 Å². The Bertz CT molecular complexity index is 109. The molecule has 0 fully saturated rings. The van der Waals surface area contributed by atoms with Crippen LogP contribution < -0.4 is 0 Å². The Hall–Kier alpha value is -0.730. The maximum atomic E-state index is 8.50. The van der Waals surface area contributed by atoms with Gasteiger partial charge >= 0.3 is 0 Å². The fourth-order valence-electron chi connectivity index (χ4n) is 0.414. The lowest BCUT2D eigenvalue weighted by molar-refractivity contribution is 0.232. The molecule has 0 aromatic carbocycles. The van der Waals surface area contributed by atoms with Crippen molar-refractivity contribution < 1.29 is 5.11 Å². The quantitative estimate of drug-likeness (QED) is 0.347. The van der Waals surface area contributed by atoms with E-state index in [0.717, 1.165) is 6.42 Å². The lowest BCUT2D eigenvalue weighted by Crippen LogP contribution is -2.01. The topological polar surface area (TPSA) is 69.0 Å². The lowest BCUT2D eigenvalue weighted by atomic mass is 10.1. The van der Waals surface area contributed by atoms with Crippen LogP contribution in [0.1, 0.15) is 13.3 Å². The Morgan fingerprint density at radius 3 is 2.89 bits per heavy atom. The fraction of sp³-hybridized carbons (Fsp3) is 1.00. The monoisotopic (exact) mass is 129 g/mol. The van der Waals surface area contributed by atoms with Gasteiger partial charge < -0.3 is 5.11 Å². The minimum Gasteiger partial charge on any atom is -0.396 e. The number of aliphatic hydroxyl groups is 1. The minimum atomic E-state index is 0.168. The Labute approximate surface area is 54.1 Å². The van der Waals surface area contributed by atoms with Crippen molar-refractivity contribution in [2.45, 2.75) is 13.3 Å². The average Bonchev–Trinajstić information content (AvgIpc) is 1.89. The van der Waals surface area contributed by atoms with Crippen LogP contribution in [0.15, 0.2) is 5.11 Å². The molecule has 1 N–H and O–H groups in total. The Kier molecular flexibility index (Phi) is 4.97. The molecule has 0 aromatic rings. The molecular formula is C5H11N3O. The summed E-state index contributed by atoms with van der Waals surface area (Å²) in [6.07, 6.45) is 0.764. The average molecular weight is 129 g/mol. The van der Waals surface area contributed by atoms with E-state index in [1.807, 2.05) is 6.92 Å². The molecule has 0 saturated carbocycles. The van der Waals surface area contributed by atoms with E-state index in [1.54, 1.807) is 0 Å². The maximum Gasteiger partial charge on any atom is 0.0456 e. The van der Waals surface area contributed by atoms with E-state index < -0.39 is 0 Å². The second-order valence-electron chi connectivity index (χ2n) is 2.03. The van der Waals surface area contributed by atoms with Gasteiger partial charge in [0.15, 0.2) is 0 Å². The van der Waals surface area contributed by atoms with E-state index in [4.69, 9.17) is 10.6 Å². The molecule has 0 aromatic heterocycles. The van der Waals surface area contributed by atoms with E-state index in [0.29, 0.717) is 6.54 Å². The van der Waals surface area contributed by atoms with E-state index in [2.05, 4.69) is 10.0 Å². The van der Waals surface area contributed by atoms with E-state index >= 15 is 0 Å². The highest BCUT2D eigenvalue weighted by atomic mass is 16.3. The number of hydrogen-bond donors (Lipinski definition) is 1. The first-order chi connectivity index (χ1) is 4.31. The van der Waals surface area contributed by atoms with E-state index in [1.165, 1.54) is 0 Å². The van der Waals surface area contributed by atoms with Gasteiger partial charge in [0, 0.05) is 18.1 Å². The summed E-state index contributed by atoms with van der Waals surface area (Å²) in [4.78, 5) is 2.59. The molecule has 0 radical (unpaired) electrons. The van der Waals surface area contributed by atoms with Gasteiger partial charge in [-0.3, -0.25) is 0 Å². The summed E-state index contributed by atoms with van der Waals surface area (Å²) < 4.78 is 0. The summed E-state index contributed by atoms with van der Waals surface area (Å²) in [6, 6.07) is 0. The van der Waals surface area contributed by atoms with Gasteiger partial charge in [-0.2, -0.15) is 0 Å². The molecule has 9 heavy (non-hydrogen) atoms. The molecule has 0 spiro atoms. The van der Waals surface area contributed by atoms with E-state index in [9.17, 15) is 0 Å². The lowest BCUT2D eigenvalue weighted by Gasteiger charge is -2.01. The third kappa shape index (κ3) is 5.14. The standard InChI is InChI=1S/C5H11N3O/c1-5(4-9)2-3-7-8-6/h5,9H,2-4H2,1H3. The summed E-state index contributed by atoms with van der Waals surface area (Å²) in [7, 11) is 0. The van der Waals surface area contributed by atoms with Gasteiger partial charge in [0.25, 0.3) is 0 Å². The van der Waals surface area contributed by atoms with Gasteiger partial charge in [-0.15, -0.1) is 0 Å². The van der Waals surface area contributed by atoms with Gasteiger partial charge in [0.2, 0.25) is 0 Å². The smallest absolute Gasteiger partial charge is 0.0456 e. The fourth-order valence-corrected chi connectivity index (χ4v) is 0.414. The Morgan fingerprint density at radius 2 is 2.44 bits per heavy atom. The third-order valence-corrected chi connectivity index (χ3v) is 1.10. The molecular weight excluding hydrogens is 118 g/mol. The zero-order valence-electron chi connectivity index (χ0n) is 5.49. The van der Waals surface area contributed by atoms with Crippen LogP contribution in [0.2, 0.25) is 0 Å². The summed E-state index contributed by atoms with van der Waals surface area (Å²) in [5.74, 6) is 0.246.